The van der Waals surface area contributed by atoms with Crippen LogP contribution in [0, 0.1) is 45.8 Å². The molecule has 1 aromatic rings. The van der Waals surface area contributed by atoms with Gasteiger partial charge in [0, 0.05) is 36.9 Å². The fourth-order valence-electron chi connectivity index (χ4n) is 12.4. The molecule has 204 valence electrons. The molecule has 11 atom stereocenters. The van der Waals surface area contributed by atoms with E-state index in [0.717, 1.165) is 37.1 Å². The molecule has 2 spiro atoms. The molecule has 2 saturated heterocycles. The quantitative estimate of drug-likeness (QED) is 0.419. The minimum Gasteiger partial charge on any atom is -0.369 e. The monoisotopic (exact) mass is 513 g/mol. The third-order valence-electron chi connectivity index (χ3n) is 14.1. The molecule has 6 fully saturated rings. The van der Waals surface area contributed by atoms with E-state index < -0.39 is 0 Å². The Balaban J connectivity index is 1.12. The van der Waals surface area contributed by atoms with Gasteiger partial charge in [0.05, 0.1) is 11.7 Å². The summed E-state index contributed by atoms with van der Waals surface area (Å²) < 4.78 is 7.51. The Bertz CT molecular complexity index is 1190. The van der Waals surface area contributed by atoms with E-state index in [1.54, 1.807) is 0 Å². The van der Waals surface area contributed by atoms with E-state index in [9.17, 15) is 4.79 Å². The lowest BCUT2D eigenvalue weighted by Gasteiger charge is -2.50. The SMILES string of the molecule is C[C@H]1C[C@H]2O[C@]3(CC[C@H]4C5CCC6=CC(=O)CC[C@]6(C)[C@H]5CC45CC53C)[C@H](C)C2N(Cc2ccccc2)C1. The Kier molecular flexibility index (Phi) is 5.03. The van der Waals surface area contributed by atoms with E-state index in [0.29, 0.717) is 40.6 Å². The molecular formula is C35H47NO2. The van der Waals surface area contributed by atoms with E-state index in [1.165, 1.54) is 62.6 Å². The van der Waals surface area contributed by atoms with Crippen LogP contribution in [0.4, 0.5) is 0 Å². The minimum atomic E-state index is 0.0351. The summed E-state index contributed by atoms with van der Waals surface area (Å²) in [7, 11) is 0. The zero-order valence-electron chi connectivity index (χ0n) is 24.0. The maximum absolute atomic E-state index is 12.3. The molecular weight excluding hydrogens is 466 g/mol. The van der Waals surface area contributed by atoms with Gasteiger partial charge in [0.1, 0.15) is 0 Å². The number of carbonyl (C=O) groups is 1. The van der Waals surface area contributed by atoms with Crippen LogP contribution in [0.5, 0.6) is 0 Å². The lowest BCUT2D eigenvalue weighted by Crippen LogP contribution is -2.54. The van der Waals surface area contributed by atoms with Crippen LogP contribution in [0.15, 0.2) is 42.0 Å². The summed E-state index contributed by atoms with van der Waals surface area (Å²) in [6.07, 6.45) is 13.4. The van der Waals surface area contributed by atoms with Gasteiger partial charge in [-0.1, -0.05) is 63.6 Å². The van der Waals surface area contributed by atoms with Crippen LogP contribution in [0.1, 0.15) is 91.0 Å². The van der Waals surface area contributed by atoms with Crippen molar-refractivity contribution >= 4 is 5.78 Å². The van der Waals surface area contributed by atoms with Crippen molar-refractivity contribution in [1.29, 1.82) is 0 Å². The standard InChI is InChI=1S/C35H47NO2/c1-22-16-30-31(36(19-22)20-24-8-6-5-7-9-24)23(2)35(38-30)15-13-28-27-11-10-25-17-26(37)12-14-32(25,3)29(27)18-34(28)21-33(34,35)4/h5-9,17,22-23,27-31H,10-16,18-21H2,1-4H3/t22-,23+,27?,28-,29-,30+,31?,32-,33?,34?,35+/m0/s1. The van der Waals surface area contributed by atoms with Gasteiger partial charge in [-0.25, -0.2) is 0 Å². The normalized spacial score (nSPS) is 53.0. The smallest absolute Gasteiger partial charge is 0.155 e. The molecule has 4 saturated carbocycles. The first kappa shape index (κ1) is 24.4. The highest BCUT2D eigenvalue weighted by molar-refractivity contribution is 5.91. The second kappa shape index (κ2) is 7.84. The Labute approximate surface area is 229 Å². The van der Waals surface area contributed by atoms with Gasteiger partial charge in [-0.05, 0) is 97.5 Å². The first-order valence-electron chi connectivity index (χ1n) is 15.9. The summed E-state index contributed by atoms with van der Waals surface area (Å²) in [6.45, 7) is 12.5. The molecule has 4 unspecified atom stereocenters. The number of rotatable bonds is 2. The summed E-state index contributed by atoms with van der Waals surface area (Å²) in [6, 6.07) is 11.7. The third kappa shape index (κ3) is 2.91. The molecule has 38 heavy (non-hydrogen) atoms. The van der Waals surface area contributed by atoms with Crippen molar-refractivity contribution in [2.75, 3.05) is 6.54 Å². The number of hydrogen-bond acceptors (Lipinski definition) is 3. The van der Waals surface area contributed by atoms with Crippen molar-refractivity contribution in [1.82, 2.24) is 4.90 Å². The number of fused-ring (bicyclic) bond motifs is 6. The summed E-state index contributed by atoms with van der Waals surface area (Å²) >= 11 is 0. The minimum absolute atomic E-state index is 0.0351. The molecule has 0 aromatic heterocycles. The molecule has 5 aliphatic carbocycles. The van der Waals surface area contributed by atoms with E-state index >= 15 is 0 Å². The van der Waals surface area contributed by atoms with Crippen molar-refractivity contribution in [2.24, 2.45) is 45.8 Å². The number of carbonyl (C=O) groups excluding carboxylic acids is 1. The summed E-state index contributed by atoms with van der Waals surface area (Å²) in [4.78, 5) is 15.1. The number of benzene rings is 1. The molecule has 2 heterocycles. The lowest BCUT2D eigenvalue weighted by atomic mass is 9.56. The van der Waals surface area contributed by atoms with Gasteiger partial charge >= 0.3 is 0 Å². The zero-order valence-corrected chi connectivity index (χ0v) is 24.0. The Morgan fingerprint density at radius 1 is 1.03 bits per heavy atom. The van der Waals surface area contributed by atoms with Crippen LogP contribution >= 0.6 is 0 Å². The number of ketones is 1. The van der Waals surface area contributed by atoms with Crippen LogP contribution in [-0.4, -0.2) is 35.0 Å². The number of allylic oxidation sites excluding steroid dienone is 2. The van der Waals surface area contributed by atoms with E-state index in [4.69, 9.17) is 4.74 Å². The number of hydrogen-bond donors (Lipinski definition) is 0. The zero-order chi connectivity index (χ0) is 26.1. The Morgan fingerprint density at radius 2 is 1.84 bits per heavy atom. The topological polar surface area (TPSA) is 29.5 Å². The molecule has 2 aliphatic heterocycles. The highest BCUT2D eigenvalue weighted by Crippen LogP contribution is 2.87. The maximum atomic E-state index is 12.3. The Morgan fingerprint density at radius 3 is 2.66 bits per heavy atom. The first-order chi connectivity index (χ1) is 18.2. The predicted octanol–water partition coefficient (Wildman–Crippen LogP) is 7.20. The first-order valence-corrected chi connectivity index (χ1v) is 15.9. The average molecular weight is 514 g/mol. The van der Waals surface area contributed by atoms with E-state index in [2.05, 4.69) is 69.0 Å². The van der Waals surface area contributed by atoms with Gasteiger partial charge in [-0.2, -0.15) is 0 Å². The fourth-order valence-corrected chi connectivity index (χ4v) is 12.4. The molecule has 3 nitrogen and oxygen atoms in total. The molecule has 0 amide bonds. The average Bonchev–Trinajstić information content (AvgIpc) is 3.23. The Hall–Kier alpha value is -1.45. The third-order valence-corrected chi connectivity index (χ3v) is 14.1. The molecule has 3 heteroatoms. The predicted molar refractivity (Wildman–Crippen MR) is 150 cm³/mol. The lowest BCUT2D eigenvalue weighted by molar-refractivity contribution is -0.148. The maximum Gasteiger partial charge on any atom is 0.155 e. The second-order valence-corrected chi connectivity index (χ2v) is 15.5. The highest BCUT2D eigenvalue weighted by Gasteiger charge is 2.84. The second-order valence-electron chi connectivity index (χ2n) is 15.5. The van der Waals surface area contributed by atoms with Crippen molar-refractivity contribution < 1.29 is 9.53 Å². The number of piperidine rings is 1. The molecule has 0 bridgehead atoms. The van der Waals surface area contributed by atoms with E-state index in [-0.39, 0.29) is 11.0 Å². The van der Waals surface area contributed by atoms with Gasteiger partial charge in [0.2, 0.25) is 0 Å². The molecule has 0 radical (unpaired) electrons. The van der Waals surface area contributed by atoms with Crippen LogP contribution in [-0.2, 0) is 16.1 Å². The largest absolute Gasteiger partial charge is 0.369 e. The van der Waals surface area contributed by atoms with Gasteiger partial charge in [0.25, 0.3) is 0 Å². The van der Waals surface area contributed by atoms with Crippen LogP contribution in [0.3, 0.4) is 0 Å². The van der Waals surface area contributed by atoms with Crippen LogP contribution in [0.25, 0.3) is 0 Å². The number of ether oxygens (including phenoxy) is 1. The molecule has 8 rings (SSSR count). The van der Waals surface area contributed by atoms with Crippen molar-refractivity contribution in [2.45, 2.75) is 110 Å². The van der Waals surface area contributed by atoms with Crippen molar-refractivity contribution in [3.05, 3.63) is 47.5 Å². The van der Waals surface area contributed by atoms with Crippen LogP contribution in [0.2, 0.25) is 0 Å². The van der Waals surface area contributed by atoms with Gasteiger partial charge < -0.3 is 4.74 Å². The number of nitrogens with zero attached hydrogens (tertiary/aromatic N) is 1. The summed E-state index contributed by atoms with van der Waals surface area (Å²) in [5.41, 5.74) is 4.02. The van der Waals surface area contributed by atoms with E-state index in [1.807, 2.05) is 0 Å². The van der Waals surface area contributed by atoms with Gasteiger partial charge in [0.15, 0.2) is 5.78 Å². The molecule has 0 N–H and O–H groups in total. The number of likely N-dealkylation sites (tertiary alicyclic amines) is 1. The molecule has 1 aromatic carbocycles. The molecule has 7 aliphatic rings. The summed E-state index contributed by atoms with van der Waals surface area (Å²) in [5, 5.41) is 0. The van der Waals surface area contributed by atoms with Gasteiger partial charge in [-0.3, -0.25) is 9.69 Å². The fraction of sp³-hybridized carbons (Fsp3) is 0.743. The summed E-state index contributed by atoms with van der Waals surface area (Å²) in [5.74, 6) is 4.15. The van der Waals surface area contributed by atoms with Crippen molar-refractivity contribution in [3.8, 4) is 0 Å². The highest BCUT2D eigenvalue weighted by atomic mass is 16.5. The van der Waals surface area contributed by atoms with Crippen LogP contribution < -0.4 is 0 Å². The van der Waals surface area contributed by atoms with Gasteiger partial charge in [-0.15, -0.1) is 0 Å². The van der Waals surface area contributed by atoms with Crippen molar-refractivity contribution in [3.63, 3.8) is 0 Å².